The van der Waals surface area contributed by atoms with Gasteiger partial charge in [-0.25, -0.2) is 4.79 Å². The maximum absolute atomic E-state index is 12.5. The molecule has 1 aromatic rings. The molecule has 2 aliphatic heterocycles. The topological polar surface area (TPSA) is 57.3 Å². The molecule has 2 N–H and O–H groups in total. The first kappa shape index (κ1) is 16.2. The Morgan fingerprint density at radius 2 is 1.91 bits per heavy atom. The first-order valence-electron chi connectivity index (χ1n) is 8.82. The van der Waals surface area contributed by atoms with Crippen LogP contribution in [0, 0.1) is 5.41 Å². The molecule has 2 saturated heterocycles. The third-order valence-electron chi connectivity index (χ3n) is 5.44. The summed E-state index contributed by atoms with van der Waals surface area (Å²) in [5.41, 5.74) is 1.70. The van der Waals surface area contributed by atoms with E-state index in [9.17, 15) is 4.79 Å². The Bertz CT molecular complexity index is 503. The number of amides is 2. The summed E-state index contributed by atoms with van der Waals surface area (Å²) in [6.45, 7) is 6.13. The van der Waals surface area contributed by atoms with Crippen molar-refractivity contribution in [3.8, 4) is 0 Å². The summed E-state index contributed by atoms with van der Waals surface area (Å²) in [6.07, 6.45) is 9.28. The molecule has 0 bridgehead atoms. The molecule has 2 fully saturated rings. The largest absolute Gasteiger partial charge is 0.335 e. The second-order valence-electron chi connectivity index (χ2n) is 7.15. The molecule has 0 aliphatic carbocycles. The van der Waals surface area contributed by atoms with E-state index in [1.807, 2.05) is 17.0 Å². The van der Waals surface area contributed by atoms with Gasteiger partial charge in [0.05, 0.1) is 0 Å². The highest BCUT2D eigenvalue weighted by molar-refractivity contribution is 5.74. The van der Waals surface area contributed by atoms with Gasteiger partial charge in [0.15, 0.2) is 0 Å². The predicted octanol–water partition coefficient (Wildman–Crippen LogP) is 2.19. The molecule has 3 rings (SSSR count). The number of urea groups is 1. The van der Waals surface area contributed by atoms with Crippen LogP contribution in [0.25, 0.3) is 0 Å². The van der Waals surface area contributed by atoms with Crippen LogP contribution >= 0.6 is 0 Å². The fourth-order valence-corrected chi connectivity index (χ4v) is 3.87. The lowest BCUT2D eigenvalue weighted by Gasteiger charge is -2.44. The van der Waals surface area contributed by atoms with Crippen molar-refractivity contribution in [1.82, 2.24) is 20.5 Å². The second kappa shape index (κ2) is 7.30. The lowest BCUT2D eigenvalue weighted by molar-refractivity contribution is 0.0867. The van der Waals surface area contributed by atoms with Gasteiger partial charge < -0.3 is 15.5 Å². The van der Waals surface area contributed by atoms with Gasteiger partial charge in [0.2, 0.25) is 0 Å². The molecule has 0 saturated carbocycles. The van der Waals surface area contributed by atoms with Crippen LogP contribution in [-0.2, 0) is 6.42 Å². The van der Waals surface area contributed by atoms with Crippen LogP contribution in [0.5, 0.6) is 0 Å². The molecule has 1 aromatic heterocycles. The van der Waals surface area contributed by atoms with Crippen molar-refractivity contribution >= 4 is 6.03 Å². The minimum Gasteiger partial charge on any atom is -0.335 e. The maximum Gasteiger partial charge on any atom is 0.317 e. The SMILES string of the molecule is CC(Cc1ccncc1)NC(=O)N1CCC2(CCNCC2)CC1. The molecule has 1 atom stereocenters. The van der Waals surface area contributed by atoms with E-state index in [1.54, 1.807) is 12.4 Å². The van der Waals surface area contributed by atoms with Crippen LogP contribution in [-0.4, -0.2) is 48.1 Å². The van der Waals surface area contributed by atoms with Gasteiger partial charge >= 0.3 is 6.03 Å². The van der Waals surface area contributed by atoms with Crippen molar-refractivity contribution < 1.29 is 4.79 Å². The molecule has 3 heterocycles. The highest BCUT2D eigenvalue weighted by Crippen LogP contribution is 2.39. The summed E-state index contributed by atoms with van der Waals surface area (Å²) in [5.74, 6) is 0. The molecule has 5 heteroatoms. The van der Waals surface area contributed by atoms with E-state index in [1.165, 1.54) is 18.4 Å². The summed E-state index contributed by atoms with van der Waals surface area (Å²) in [6, 6.07) is 4.24. The number of piperidine rings is 2. The Kier molecular flexibility index (Phi) is 5.16. The lowest BCUT2D eigenvalue weighted by Crippen LogP contribution is -2.51. The average Bonchev–Trinajstić information content (AvgIpc) is 2.57. The number of likely N-dealkylation sites (tertiary alicyclic amines) is 1. The average molecular weight is 316 g/mol. The minimum atomic E-state index is 0.0929. The Morgan fingerprint density at radius 3 is 2.57 bits per heavy atom. The molecule has 126 valence electrons. The molecule has 5 nitrogen and oxygen atoms in total. The molecule has 2 amide bonds. The van der Waals surface area contributed by atoms with Gasteiger partial charge in [0.25, 0.3) is 0 Å². The Morgan fingerprint density at radius 1 is 1.26 bits per heavy atom. The van der Waals surface area contributed by atoms with Crippen molar-refractivity contribution in [3.05, 3.63) is 30.1 Å². The molecular formula is C18H28N4O. The van der Waals surface area contributed by atoms with Crippen molar-refractivity contribution in [1.29, 1.82) is 0 Å². The van der Waals surface area contributed by atoms with Gasteiger partial charge in [-0.3, -0.25) is 4.98 Å². The lowest BCUT2D eigenvalue weighted by atomic mass is 9.72. The number of aromatic nitrogens is 1. The summed E-state index contributed by atoms with van der Waals surface area (Å²) in [5, 5.41) is 6.59. The molecule has 0 radical (unpaired) electrons. The zero-order valence-corrected chi connectivity index (χ0v) is 14.1. The molecule has 1 spiro atoms. The van der Waals surface area contributed by atoms with Crippen molar-refractivity contribution in [2.45, 2.75) is 45.1 Å². The first-order valence-corrected chi connectivity index (χ1v) is 8.82. The van der Waals surface area contributed by atoms with Crippen LogP contribution in [0.2, 0.25) is 0 Å². The third-order valence-corrected chi connectivity index (χ3v) is 5.44. The number of carbonyl (C=O) groups excluding carboxylic acids is 1. The first-order chi connectivity index (χ1) is 11.2. The fraction of sp³-hybridized carbons (Fsp3) is 0.667. The van der Waals surface area contributed by atoms with Gasteiger partial charge in [-0.2, -0.15) is 0 Å². The quantitative estimate of drug-likeness (QED) is 0.899. The van der Waals surface area contributed by atoms with Crippen molar-refractivity contribution in [2.75, 3.05) is 26.2 Å². The van der Waals surface area contributed by atoms with E-state index in [2.05, 4.69) is 22.5 Å². The summed E-state index contributed by atoms with van der Waals surface area (Å²) in [7, 11) is 0. The van der Waals surface area contributed by atoms with Gasteiger partial charge in [0.1, 0.15) is 0 Å². The Labute approximate surface area is 138 Å². The summed E-state index contributed by atoms with van der Waals surface area (Å²) >= 11 is 0. The van der Waals surface area contributed by atoms with E-state index in [0.29, 0.717) is 5.41 Å². The molecule has 1 unspecified atom stereocenters. The number of nitrogens with one attached hydrogen (secondary N) is 2. The zero-order valence-electron chi connectivity index (χ0n) is 14.1. The van der Waals surface area contributed by atoms with Crippen LogP contribution in [0.3, 0.4) is 0 Å². The standard InChI is InChI=1S/C18H28N4O/c1-15(14-16-2-8-19-9-3-16)21-17(23)22-12-6-18(7-13-22)4-10-20-11-5-18/h2-3,8-9,15,20H,4-7,10-14H2,1H3,(H,21,23). The number of pyridine rings is 1. The number of hydrogen-bond donors (Lipinski definition) is 2. The highest BCUT2D eigenvalue weighted by atomic mass is 16.2. The van der Waals surface area contributed by atoms with E-state index in [4.69, 9.17) is 0 Å². The van der Waals surface area contributed by atoms with Crippen LogP contribution < -0.4 is 10.6 Å². The Hall–Kier alpha value is -1.62. The number of carbonyl (C=O) groups is 1. The Balaban J connectivity index is 1.45. The van der Waals surface area contributed by atoms with Gasteiger partial charge in [-0.05, 0) is 75.2 Å². The van der Waals surface area contributed by atoms with E-state index in [-0.39, 0.29) is 12.1 Å². The number of rotatable bonds is 3. The second-order valence-corrected chi connectivity index (χ2v) is 7.15. The molecule has 0 aromatic carbocycles. The van der Waals surface area contributed by atoms with Gasteiger partial charge in [0, 0.05) is 31.5 Å². The van der Waals surface area contributed by atoms with Gasteiger partial charge in [-0.1, -0.05) is 0 Å². The molecule has 2 aliphatic rings. The fourth-order valence-electron chi connectivity index (χ4n) is 3.87. The zero-order chi connectivity index (χ0) is 16.1. The van der Waals surface area contributed by atoms with Gasteiger partial charge in [-0.15, -0.1) is 0 Å². The normalized spacial score (nSPS) is 21.9. The predicted molar refractivity (Wildman–Crippen MR) is 91.3 cm³/mol. The highest BCUT2D eigenvalue weighted by Gasteiger charge is 2.36. The van der Waals surface area contributed by atoms with Crippen molar-refractivity contribution in [3.63, 3.8) is 0 Å². The molecule has 23 heavy (non-hydrogen) atoms. The van der Waals surface area contributed by atoms with Crippen LogP contribution in [0.1, 0.15) is 38.2 Å². The monoisotopic (exact) mass is 316 g/mol. The maximum atomic E-state index is 12.5. The smallest absolute Gasteiger partial charge is 0.317 e. The van der Waals surface area contributed by atoms with E-state index < -0.39 is 0 Å². The van der Waals surface area contributed by atoms with Crippen LogP contribution in [0.4, 0.5) is 4.79 Å². The number of hydrogen-bond acceptors (Lipinski definition) is 3. The van der Waals surface area contributed by atoms with Crippen molar-refractivity contribution in [2.24, 2.45) is 5.41 Å². The van der Waals surface area contributed by atoms with E-state index >= 15 is 0 Å². The molecular weight excluding hydrogens is 288 g/mol. The third kappa shape index (κ3) is 4.22. The summed E-state index contributed by atoms with van der Waals surface area (Å²) in [4.78, 5) is 18.5. The van der Waals surface area contributed by atoms with E-state index in [0.717, 1.165) is 45.4 Å². The number of nitrogens with zero attached hydrogens (tertiary/aromatic N) is 2. The minimum absolute atomic E-state index is 0.0929. The summed E-state index contributed by atoms with van der Waals surface area (Å²) < 4.78 is 0. The van der Waals surface area contributed by atoms with Crippen LogP contribution in [0.15, 0.2) is 24.5 Å².